The summed E-state index contributed by atoms with van der Waals surface area (Å²) in [5.41, 5.74) is -0.117. The molecule has 1 aliphatic rings. The molecule has 1 aliphatic heterocycles. The number of pyridine rings is 1. The summed E-state index contributed by atoms with van der Waals surface area (Å²) in [6, 6.07) is 2.78. The third kappa shape index (κ3) is 2.72. The lowest BCUT2D eigenvalue weighted by Crippen LogP contribution is -2.19. The first-order valence-corrected chi connectivity index (χ1v) is 5.30. The Morgan fingerprint density at radius 3 is 2.56 bits per heavy atom. The predicted octanol–water partition coefficient (Wildman–Crippen LogP) is 2.70. The van der Waals surface area contributed by atoms with E-state index in [4.69, 9.17) is 0 Å². The van der Waals surface area contributed by atoms with Crippen LogP contribution < -0.4 is 0 Å². The van der Waals surface area contributed by atoms with Gasteiger partial charge in [-0.3, -0.25) is 9.88 Å². The van der Waals surface area contributed by atoms with Crippen molar-refractivity contribution in [2.75, 3.05) is 13.1 Å². The largest absolute Gasteiger partial charge is 0.433 e. The molecule has 1 aromatic heterocycles. The number of halogens is 3. The number of alkyl halides is 3. The first kappa shape index (κ1) is 11.4. The van der Waals surface area contributed by atoms with E-state index in [1.165, 1.54) is 6.20 Å². The summed E-state index contributed by atoms with van der Waals surface area (Å²) in [6.07, 6.45) is -0.844. The molecule has 0 aliphatic carbocycles. The average molecular weight is 230 g/mol. The van der Waals surface area contributed by atoms with Crippen molar-refractivity contribution in [3.63, 3.8) is 0 Å². The average Bonchev–Trinajstić information content (AvgIpc) is 2.70. The van der Waals surface area contributed by atoms with Crippen LogP contribution in [0.3, 0.4) is 0 Å². The summed E-state index contributed by atoms with van der Waals surface area (Å²) in [6.45, 7) is 2.54. The van der Waals surface area contributed by atoms with E-state index in [9.17, 15) is 13.2 Å². The maximum Gasteiger partial charge on any atom is 0.433 e. The fraction of sp³-hybridized carbons (Fsp3) is 0.545. The van der Waals surface area contributed by atoms with Crippen molar-refractivity contribution in [1.82, 2.24) is 9.88 Å². The van der Waals surface area contributed by atoms with Gasteiger partial charge >= 0.3 is 6.18 Å². The van der Waals surface area contributed by atoms with Crippen molar-refractivity contribution < 1.29 is 13.2 Å². The first-order chi connectivity index (χ1) is 7.55. The van der Waals surface area contributed by atoms with Gasteiger partial charge < -0.3 is 0 Å². The number of aromatic nitrogens is 1. The third-order valence-corrected chi connectivity index (χ3v) is 2.72. The van der Waals surface area contributed by atoms with Gasteiger partial charge in [-0.2, -0.15) is 13.2 Å². The Hall–Kier alpha value is -1.10. The maximum absolute atomic E-state index is 12.4. The summed E-state index contributed by atoms with van der Waals surface area (Å²) in [7, 11) is 0. The molecule has 2 rings (SSSR count). The second-order valence-electron chi connectivity index (χ2n) is 4.03. The minimum Gasteiger partial charge on any atom is -0.299 e. The van der Waals surface area contributed by atoms with E-state index in [0.29, 0.717) is 12.1 Å². The first-order valence-electron chi connectivity index (χ1n) is 5.30. The van der Waals surface area contributed by atoms with E-state index in [1.807, 2.05) is 0 Å². The van der Waals surface area contributed by atoms with Crippen LogP contribution in [0.5, 0.6) is 0 Å². The minimum atomic E-state index is -4.35. The van der Waals surface area contributed by atoms with Gasteiger partial charge in [-0.05, 0) is 43.6 Å². The summed E-state index contributed by atoms with van der Waals surface area (Å²) in [5, 5.41) is 0. The van der Waals surface area contributed by atoms with Crippen molar-refractivity contribution in [3.05, 3.63) is 29.6 Å². The second-order valence-corrected chi connectivity index (χ2v) is 4.03. The van der Waals surface area contributed by atoms with Crippen LogP contribution in [0, 0.1) is 0 Å². The Morgan fingerprint density at radius 2 is 1.94 bits per heavy atom. The van der Waals surface area contributed by atoms with Gasteiger partial charge in [0.05, 0.1) is 0 Å². The molecule has 1 aromatic rings. The van der Waals surface area contributed by atoms with Crippen molar-refractivity contribution in [3.8, 4) is 0 Å². The molecule has 1 fully saturated rings. The van der Waals surface area contributed by atoms with E-state index in [0.717, 1.165) is 32.0 Å². The molecule has 0 spiro atoms. The number of hydrogen-bond donors (Lipinski definition) is 0. The summed E-state index contributed by atoms with van der Waals surface area (Å²) < 4.78 is 37.2. The number of rotatable bonds is 2. The molecule has 2 heterocycles. The van der Waals surface area contributed by atoms with Gasteiger partial charge in [-0.15, -0.1) is 0 Å². The van der Waals surface area contributed by atoms with E-state index < -0.39 is 11.9 Å². The zero-order chi connectivity index (χ0) is 11.6. The van der Waals surface area contributed by atoms with Gasteiger partial charge in [0.25, 0.3) is 0 Å². The Morgan fingerprint density at radius 1 is 1.25 bits per heavy atom. The molecule has 0 unspecified atom stereocenters. The molecule has 5 heteroatoms. The van der Waals surface area contributed by atoms with Crippen molar-refractivity contribution >= 4 is 0 Å². The summed E-state index contributed by atoms with van der Waals surface area (Å²) in [5.74, 6) is 0. The molecule has 0 bridgehead atoms. The highest BCUT2D eigenvalue weighted by atomic mass is 19.4. The van der Waals surface area contributed by atoms with E-state index in [1.54, 1.807) is 6.07 Å². The second kappa shape index (κ2) is 4.41. The molecule has 0 N–H and O–H groups in total. The molecule has 0 atom stereocenters. The van der Waals surface area contributed by atoms with Crippen LogP contribution in [-0.4, -0.2) is 23.0 Å². The molecular formula is C11H13F3N2. The molecular weight excluding hydrogens is 217 g/mol. The molecule has 2 nitrogen and oxygen atoms in total. The van der Waals surface area contributed by atoms with Gasteiger partial charge in [-0.1, -0.05) is 0 Å². The SMILES string of the molecule is FC(F)(F)c1cc(CN2CCCC2)ccn1. The monoisotopic (exact) mass is 230 g/mol. The zero-order valence-electron chi connectivity index (χ0n) is 8.80. The topological polar surface area (TPSA) is 16.1 Å². The minimum absolute atomic E-state index is 0.589. The molecule has 0 radical (unpaired) electrons. The number of nitrogens with zero attached hydrogens (tertiary/aromatic N) is 2. The van der Waals surface area contributed by atoms with Crippen molar-refractivity contribution in [2.24, 2.45) is 0 Å². The highest BCUT2D eigenvalue weighted by Crippen LogP contribution is 2.28. The van der Waals surface area contributed by atoms with Crippen LogP contribution in [0.2, 0.25) is 0 Å². The van der Waals surface area contributed by atoms with Crippen molar-refractivity contribution in [1.29, 1.82) is 0 Å². The van der Waals surface area contributed by atoms with Crippen molar-refractivity contribution in [2.45, 2.75) is 25.6 Å². The van der Waals surface area contributed by atoms with Gasteiger partial charge in [-0.25, -0.2) is 0 Å². The molecule has 1 saturated heterocycles. The Balaban J connectivity index is 2.09. The van der Waals surface area contributed by atoms with E-state index in [2.05, 4.69) is 9.88 Å². The lowest BCUT2D eigenvalue weighted by Gasteiger charge is -2.15. The molecule has 16 heavy (non-hydrogen) atoms. The lowest BCUT2D eigenvalue weighted by molar-refractivity contribution is -0.141. The van der Waals surface area contributed by atoms with Gasteiger partial charge in [0, 0.05) is 12.7 Å². The van der Waals surface area contributed by atoms with Crippen LogP contribution in [0.25, 0.3) is 0 Å². The van der Waals surface area contributed by atoms with Gasteiger partial charge in [0.2, 0.25) is 0 Å². The van der Waals surface area contributed by atoms with Crippen LogP contribution >= 0.6 is 0 Å². The standard InChI is InChI=1S/C11H13F3N2/c12-11(13,14)10-7-9(3-4-15-10)8-16-5-1-2-6-16/h3-4,7H,1-2,5-6,8H2. The Kier molecular flexibility index (Phi) is 3.14. The Labute approximate surface area is 92.1 Å². The van der Waals surface area contributed by atoms with Crippen LogP contribution in [0.1, 0.15) is 24.1 Å². The number of hydrogen-bond acceptors (Lipinski definition) is 2. The lowest BCUT2D eigenvalue weighted by atomic mass is 10.2. The van der Waals surface area contributed by atoms with Crippen LogP contribution in [-0.2, 0) is 12.7 Å². The van der Waals surface area contributed by atoms with Crippen LogP contribution in [0.4, 0.5) is 13.2 Å². The summed E-state index contributed by atoms with van der Waals surface area (Å²) in [4.78, 5) is 5.50. The molecule has 0 saturated carbocycles. The maximum atomic E-state index is 12.4. The van der Waals surface area contributed by atoms with Crippen LogP contribution in [0.15, 0.2) is 18.3 Å². The third-order valence-electron chi connectivity index (χ3n) is 2.72. The van der Waals surface area contributed by atoms with Gasteiger partial charge in [0.15, 0.2) is 0 Å². The smallest absolute Gasteiger partial charge is 0.299 e. The quantitative estimate of drug-likeness (QED) is 0.776. The zero-order valence-corrected chi connectivity index (χ0v) is 8.80. The molecule has 0 aromatic carbocycles. The molecule has 88 valence electrons. The van der Waals surface area contributed by atoms with E-state index in [-0.39, 0.29) is 0 Å². The number of likely N-dealkylation sites (tertiary alicyclic amines) is 1. The fourth-order valence-electron chi connectivity index (χ4n) is 1.93. The highest BCUT2D eigenvalue weighted by Gasteiger charge is 2.32. The van der Waals surface area contributed by atoms with Gasteiger partial charge in [0.1, 0.15) is 5.69 Å². The Bertz CT molecular complexity index is 356. The van der Waals surface area contributed by atoms with E-state index >= 15 is 0 Å². The normalized spacial score (nSPS) is 17.9. The fourth-order valence-corrected chi connectivity index (χ4v) is 1.93. The highest BCUT2D eigenvalue weighted by molar-refractivity contribution is 5.18. The predicted molar refractivity (Wildman–Crippen MR) is 53.8 cm³/mol. The molecule has 0 amide bonds. The summed E-state index contributed by atoms with van der Waals surface area (Å²) >= 11 is 0.